The average molecular weight is 405 g/mol. The number of rotatable bonds is 6. The van der Waals surface area contributed by atoms with Crippen LogP contribution in [-0.2, 0) is 21.7 Å². The predicted molar refractivity (Wildman–Crippen MR) is 116 cm³/mol. The van der Waals surface area contributed by atoms with Gasteiger partial charge in [0.2, 0.25) is 11.7 Å². The summed E-state index contributed by atoms with van der Waals surface area (Å²) in [6, 6.07) is 16.3. The molecule has 0 fully saturated rings. The van der Waals surface area contributed by atoms with Crippen LogP contribution < -0.4 is 5.73 Å². The van der Waals surface area contributed by atoms with Crippen molar-refractivity contribution < 1.29 is 9.57 Å². The van der Waals surface area contributed by atoms with E-state index in [-0.39, 0.29) is 12.0 Å². The van der Waals surface area contributed by atoms with Crippen molar-refractivity contribution in [1.29, 1.82) is 5.26 Å². The van der Waals surface area contributed by atoms with Crippen LogP contribution in [0.4, 0.5) is 0 Å². The quantitative estimate of drug-likeness (QED) is 0.788. The van der Waals surface area contributed by atoms with Gasteiger partial charge in [-0.15, -0.1) is 0 Å². The smallest absolute Gasteiger partial charge is 0.218 e. The largest absolute Gasteiger partial charge is 0.379 e. The molecule has 6 nitrogen and oxygen atoms in total. The monoisotopic (exact) mass is 404 g/mol. The molecule has 0 saturated heterocycles. The van der Waals surface area contributed by atoms with E-state index in [1.165, 1.54) is 5.56 Å². The maximum atomic E-state index is 9.25. The van der Waals surface area contributed by atoms with Gasteiger partial charge in [0, 0.05) is 25.1 Å². The fraction of sp³-hybridized carbons (Fsp3) is 0.417. The fourth-order valence-corrected chi connectivity index (χ4v) is 4.55. The van der Waals surface area contributed by atoms with Gasteiger partial charge in [0.05, 0.1) is 17.7 Å². The van der Waals surface area contributed by atoms with Crippen molar-refractivity contribution in [3.63, 3.8) is 0 Å². The summed E-state index contributed by atoms with van der Waals surface area (Å²) in [4.78, 5) is 11.1. The number of hydrogen-bond acceptors (Lipinski definition) is 6. The van der Waals surface area contributed by atoms with Crippen molar-refractivity contribution in [2.45, 2.75) is 44.9 Å². The second-order valence-corrected chi connectivity index (χ2v) is 8.06. The van der Waals surface area contributed by atoms with E-state index < -0.39 is 5.72 Å². The number of benzene rings is 2. The molecule has 3 atom stereocenters. The molecule has 1 heterocycles. The molecule has 2 aliphatic rings. The van der Waals surface area contributed by atoms with E-state index in [0.29, 0.717) is 18.1 Å². The topological polar surface area (TPSA) is 83.9 Å². The third kappa shape index (κ3) is 3.55. The first-order valence-corrected chi connectivity index (χ1v) is 10.5. The Labute approximate surface area is 177 Å². The Morgan fingerprint density at radius 3 is 2.83 bits per heavy atom. The molecule has 1 aliphatic heterocycles. The molecule has 30 heavy (non-hydrogen) atoms. The Kier molecular flexibility index (Phi) is 5.50. The van der Waals surface area contributed by atoms with Gasteiger partial charge < -0.3 is 10.5 Å². The molecule has 6 heteroatoms. The molecule has 0 radical (unpaired) electrons. The standard InChI is InChI=1S/C24H28N4O2/c1-4-29-16(2)8-11-21-13-20-10-9-19(18-7-5-6-17(12-18)15-25)14-22(20)24(21)27-23(26)28(3)30-24/h5-7,9-10,12,14,16,21H,4,8,11,13H2,1-3H3,(H2,26,27). The van der Waals surface area contributed by atoms with Gasteiger partial charge in [0.1, 0.15) is 0 Å². The minimum Gasteiger partial charge on any atom is -0.379 e. The fourth-order valence-electron chi connectivity index (χ4n) is 4.55. The first-order valence-electron chi connectivity index (χ1n) is 10.5. The Bertz CT molecular complexity index is 1010. The van der Waals surface area contributed by atoms with E-state index in [1.807, 2.05) is 31.2 Å². The summed E-state index contributed by atoms with van der Waals surface area (Å²) < 4.78 is 5.73. The highest BCUT2D eigenvalue weighted by molar-refractivity contribution is 5.79. The molecule has 1 spiro atoms. The normalized spacial score (nSPS) is 23.3. The third-order valence-electron chi connectivity index (χ3n) is 6.09. The zero-order valence-electron chi connectivity index (χ0n) is 17.8. The van der Waals surface area contributed by atoms with E-state index in [2.05, 4.69) is 31.2 Å². The van der Waals surface area contributed by atoms with Crippen LogP contribution in [0.15, 0.2) is 47.5 Å². The zero-order chi connectivity index (χ0) is 21.3. The predicted octanol–water partition coefficient (Wildman–Crippen LogP) is 3.95. The lowest BCUT2D eigenvalue weighted by molar-refractivity contribution is -0.194. The van der Waals surface area contributed by atoms with E-state index >= 15 is 0 Å². The molecule has 156 valence electrons. The van der Waals surface area contributed by atoms with E-state index in [9.17, 15) is 5.26 Å². The van der Waals surface area contributed by atoms with Crippen LogP contribution >= 0.6 is 0 Å². The Balaban J connectivity index is 1.71. The van der Waals surface area contributed by atoms with Gasteiger partial charge in [-0.2, -0.15) is 5.26 Å². The number of hydrogen-bond donors (Lipinski definition) is 1. The summed E-state index contributed by atoms with van der Waals surface area (Å²) in [6.45, 7) is 4.84. The second kappa shape index (κ2) is 8.10. The maximum absolute atomic E-state index is 9.25. The Morgan fingerprint density at radius 1 is 1.33 bits per heavy atom. The number of fused-ring (bicyclic) bond motifs is 2. The number of aliphatic imine (C=N–C) groups is 1. The van der Waals surface area contributed by atoms with Crippen LogP contribution in [0.1, 0.15) is 43.4 Å². The molecule has 4 rings (SSSR count). The van der Waals surface area contributed by atoms with Crippen LogP contribution in [0, 0.1) is 17.2 Å². The Hall–Kier alpha value is -2.88. The lowest BCUT2D eigenvalue weighted by atomic mass is 9.90. The average Bonchev–Trinajstić information content (AvgIpc) is 3.22. The molecule has 2 aromatic carbocycles. The highest BCUT2D eigenvalue weighted by Gasteiger charge is 2.53. The van der Waals surface area contributed by atoms with E-state index in [0.717, 1.165) is 36.0 Å². The second-order valence-electron chi connectivity index (χ2n) is 8.06. The number of hydroxylamine groups is 2. The molecule has 1 aliphatic carbocycles. The SMILES string of the molecule is CCOC(C)CCC1Cc2ccc(-c3cccc(C#N)c3)cc2C12N=C(N)N(C)O2. The Morgan fingerprint density at radius 2 is 2.13 bits per heavy atom. The molecule has 2 aromatic rings. The van der Waals surface area contributed by atoms with Gasteiger partial charge in [-0.25, -0.2) is 14.9 Å². The molecule has 0 amide bonds. The van der Waals surface area contributed by atoms with Gasteiger partial charge in [-0.1, -0.05) is 24.3 Å². The van der Waals surface area contributed by atoms with Crippen molar-refractivity contribution >= 4 is 5.96 Å². The summed E-state index contributed by atoms with van der Waals surface area (Å²) >= 11 is 0. The van der Waals surface area contributed by atoms with Crippen LogP contribution in [0.2, 0.25) is 0 Å². The van der Waals surface area contributed by atoms with Crippen LogP contribution in [-0.4, -0.2) is 30.8 Å². The third-order valence-corrected chi connectivity index (χ3v) is 6.09. The number of nitriles is 1. The first-order chi connectivity index (χ1) is 14.5. The molecule has 0 aromatic heterocycles. The van der Waals surface area contributed by atoms with E-state index in [4.69, 9.17) is 20.3 Å². The van der Waals surface area contributed by atoms with Crippen LogP contribution in [0.3, 0.4) is 0 Å². The highest BCUT2D eigenvalue weighted by Crippen LogP contribution is 2.51. The van der Waals surface area contributed by atoms with Crippen molar-refractivity contribution in [3.05, 3.63) is 59.2 Å². The molecule has 0 saturated carbocycles. The molecule has 3 unspecified atom stereocenters. The van der Waals surface area contributed by atoms with Gasteiger partial charge in [-0.3, -0.25) is 0 Å². The summed E-state index contributed by atoms with van der Waals surface area (Å²) in [5.41, 5.74) is 10.3. The lowest BCUT2D eigenvalue weighted by Gasteiger charge is -2.29. The maximum Gasteiger partial charge on any atom is 0.218 e. The molecule has 2 N–H and O–H groups in total. The van der Waals surface area contributed by atoms with Crippen molar-refractivity contribution in [3.8, 4) is 17.2 Å². The zero-order valence-corrected chi connectivity index (χ0v) is 17.8. The lowest BCUT2D eigenvalue weighted by Crippen LogP contribution is -2.35. The van der Waals surface area contributed by atoms with Crippen LogP contribution in [0.5, 0.6) is 0 Å². The number of guanidine groups is 1. The highest BCUT2D eigenvalue weighted by atomic mass is 16.7. The number of nitrogens with two attached hydrogens (primary N) is 1. The molecular weight excluding hydrogens is 376 g/mol. The summed E-state index contributed by atoms with van der Waals surface area (Å²) in [7, 11) is 1.80. The number of ether oxygens (including phenoxy) is 1. The first kappa shape index (κ1) is 20.4. The number of nitrogens with zero attached hydrogens (tertiary/aromatic N) is 3. The van der Waals surface area contributed by atoms with Gasteiger partial charge in [0.25, 0.3) is 0 Å². The van der Waals surface area contributed by atoms with Gasteiger partial charge in [0.15, 0.2) is 0 Å². The minimum atomic E-state index is -0.803. The van der Waals surface area contributed by atoms with Crippen molar-refractivity contribution in [1.82, 2.24) is 5.06 Å². The minimum absolute atomic E-state index is 0.180. The summed E-state index contributed by atoms with van der Waals surface area (Å²) in [6.07, 6.45) is 2.95. The van der Waals surface area contributed by atoms with Crippen molar-refractivity contribution in [2.24, 2.45) is 16.6 Å². The van der Waals surface area contributed by atoms with Gasteiger partial charge in [-0.05, 0) is 68.0 Å². The summed E-state index contributed by atoms with van der Waals surface area (Å²) in [5, 5.41) is 10.8. The molecule has 0 bridgehead atoms. The van der Waals surface area contributed by atoms with Crippen molar-refractivity contribution in [2.75, 3.05) is 13.7 Å². The molecular formula is C24H28N4O2. The van der Waals surface area contributed by atoms with Crippen LogP contribution in [0.25, 0.3) is 11.1 Å². The van der Waals surface area contributed by atoms with E-state index in [1.54, 1.807) is 12.1 Å². The van der Waals surface area contributed by atoms with Gasteiger partial charge >= 0.3 is 0 Å². The summed E-state index contributed by atoms with van der Waals surface area (Å²) in [5.74, 6) is 0.571.